The SMILES string of the molecule is COc1ccc(C2=CC[C@H](CO)[C@@]23C=CC(C)=CC3=O)cc1. The molecule has 1 aromatic carbocycles. The number of rotatable bonds is 3. The van der Waals surface area contributed by atoms with Gasteiger partial charge in [0.2, 0.25) is 0 Å². The number of aliphatic hydroxyl groups excluding tert-OH is 1. The second-order valence-electron chi connectivity index (χ2n) is 5.92. The van der Waals surface area contributed by atoms with E-state index in [0.717, 1.165) is 22.5 Å². The fourth-order valence-electron chi connectivity index (χ4n) is 3.46. The van der Waals surface area contributed by atoms with Crippen LogP contribution in [0.2, 0.25) is 0 Å². The zero-order chi connectivity index (χ0) is 15.7. The van der Waals surface area contributed by atoms with Gasteiger partial charge in [0.25, 0.3) is 0 Å². The van der Waals surface area contributed by atoms with E-state index in [4.69, 9.17) is 4.74 Å². The van der Waals surface area contributed by atoms with Crippen molar-refractivity contribution in [3.63, 3.8) is 0 Å². The van der Waals surface area contributed by atoms with Crippen molar-refractivity contribution in [2.75, 3.05) is 13.7 Å². The number of ketones is 1. The van der Waals surface area contributed by atoms with Crippen molar-refractivity contribution in [3.8, 4) is 5.75 Å². The van der Waals surface area contributed by atoms with E-state index in [1.807, 2.05) is 43.3 Å². The number of ether oxygens (including phenoxy) is 1. The summed E-state index contributed by atoms with van der Waals surface area (Å²) in [5.74, 6) is 0.750. The van der Waals surface area contributed by atoms with Crippen LogP contribution < -0.4 is 4.74 Å². The smallest absolute Gasteiger partial charge is 0.170 e. The van der Waals surface area contributed by atoms with Crippen molar-refractivity contribution in [2.45, 2.75) is 13.3 Å². The number of hydrogen-bond acceptors (Lipinski definition) is 3. The average molecular weight is 296 g/mol. The number of hydrogen-bond donors (Lipinski definition) is 1. The third-order valence-corrected chi connectivity index (χ3v) is 4.69. The normalized spacial score (nSPS) is 27.0. The van der Waals surface area contributed by atoms with E-state index < -0.39 is 5.41 Å². The van der Waals surface area contributed by atoms with E-state index in [-0.39, 0.29) is 18.3 Å². The zero-order valence-electron chi connectivity index (χ0n) is 12.9. The van der Waals surface area contributed by atoms with E-state index in [9.17, 15) is 9.90 Å². The number of allylic oxidation sites excluding steroid dienone is 6. The maximum Gasteiger partial charge on any atom is 0.170 e. The first-order valence-electron chi connectivity index (χ1n) is 7.49. The molecule has 0 radical (unpaired) electrons. The fourth-order valence-corrected chi connectivity index (χ4v) is 3.46. The van der Waals surface area contributed by atoms with Crippen LogP contribution >= 0.6 is 0 Å². The van der Waals surface area contributed by atoms with Crippen LogP contribution in [0.25, 0.3) is 5.57 Å². The molecule has 22 heavy (non-hydrogen) atoms. The molecular formula is C19H20O3. The molecule has 1 spiro atoms. The van der Waals surface area contributed by atoms with Crippen LogP contribution in [0.15, 0.2) is 54.1 Å². The molecule has 2 aliphatic carbocycles. The van der Waals surface area contributed by atoms with Gasteiger partial charge >= 0.3 is 0 Å². The van der Waals surface area contributed by atoms with E-state index in [1.165, 1.54) is 0 Å². The van der Waals surface area contributed by atoms with Crippen LogP contribution in [-0.2, 0) is 4.79 Å². The Morgan fingerprint density at radius 1 is 1.32 bits per heavy atom. The molecule has 2 atom stereocenters. The summed E-state index contributed by atoms with van der Waals surface area (Å²) in [5, 5.41) is 9.75. The third kappa shape index (κ3) is 2.13. The van der Waals surface area contributed by atoms with E-state index >= 15 is 0 Å². The molecule has 2 aliphatic rings. The second-order valence-corrected chi connectivity index (χ2v) is 5.92. The Balaban J connectivity index is 2.06. The second kappa shape index (κ2) is 5.58. The Morgan fingerprint density at radius 2 is 2.05 bits per heavy atom. The quantitative estimate of drug-likeness (QED) is 0.932. The topological polar surface area (TPSA) is 46.5 Å². The Labute approximate surface area is 130 Å². The summed E-state index contributed by atoms with van der Waals surface area (Å²) in [7, 11) is 1.63. The highest BCUT2D eigenvalue weighted by Crippen LogP contribution is 2.52. The van der Waals surface area contributed by atoms with Gasteiger partial charge < -0.3 is 9.84 Å². The summed E-state index contributed by atoms with van der Waals surface area (Å²) in [4.78, 5) is 12.8. The van der Waals surface area contributed by atoms with Gasteiger partial charge in [-0.3, -0.25) is 4.79 Å². The van der Waals surface area contributed by atoms with Gasteiger partial charge in [0.15, 0.2) is 5.78 Å². The molecule has 0 unspecified atom stereocenters. The van der Waals surface area contributed by atoms with Crippen LogP contribution in [0.5, 0.6) is 5.75 Å². The molecule has 114 valence electrons. The molecule has 1 aromatic rings. The number of carbonyl (C=O) groups is 1. The molecule has 3 nitrogen and oxygen atoms in total. The first-order valence-corrected chi connectivity index (χ1v) is 7.49. The van der Waals surface area contributed by atoms with Crippen molar-refractivity contribution >= 4 is 11.4 Å². The van der Waals surface area contributed by atoms with Gasteiger partial charge in [0.1, 0.15) is 5.75 Å². The maximum absolute atomic E-state index is 12.8. The first-order chi connectivity index (χ1) is 10.6. The van der Waals surface area contributed by atoms with Crippen LogP contribution in [0.1, 0.15) is 18.9 Å². The fraction of sp³-hybridized carbons (Fsp3) is 0.316. The summed E-state index contributed by atoms with van der Waals surface area (Å²) in [5.41, 5.74) is 2.21. The summed E-state index contributed by atoms with van der Waals surface area (Å²) in [6.45, 7) is 1.92. The van der Waals surface area contributed by atoms with E-state index in [1.54, 1.807) is 13.2 Å². The molecule has 1 N–H and O–H groups in total. The monoisotopic (exact) mass is 296 g/mol. The Kier molecular flexibility index (Phi) is 3.75. The minimum Gasteiger partial charge on any atom is -0.497 e. The lowest BCUT2D eigenvalue weighted by Gasteiger charge is -2.35. The largest absolute Gasteiger partial charge is 0.497 e. The highest BCUT2D eigenvalue weighted by atomic mass is 16.5. The molecule has 3 rings (SSSR count). The molecule has 0 fully saturated rings. The Morgan fingerprint density at radius 3 is 2.64 bits per heavy atom. The number of aliphatic hydroxyl groups is 1. The molecule has 0 aliphatic heterocycles. The Bertz CT molecular complexity index is 679. The van der Waals surface area contributed by atoms with E-state index in [2.05, 4.69) is 6.08 Å². The van der Waals surface area contributed by atoms with E-state index in [0.29, 0.717) is 6.42 Å². The highest BCUT2D eigenvalue weighted by molar-refractivity contribution is 6.08. The predicted octanol–water partition coefficient (Wildman–Crippen LogP) is 3.16. The molecule has 0 saturated carbocycles. The minimum atomic E-state index is -0.733. The number of carbonyl (C=O) groups excluding carboxylic acids is 1. The summed E-state index contributed by atoms with van der Waals surface area (Å²) in [6.07, 6.45) is 8.42. The van der Waals surface area contributed by atoms with Gasteiger partial charge in [0.05, 0.1) is 12.5 Å². The number of methoxy groups -OCH3 is 1. The summed E-state index contributed by atoms with van der Waals surface area (Å²) >= 11 is 0. The average Bonchev–Trinajstić information content (AvgIpc) is 2.91. The minimum absolute atomic E-state index is 0.000871. The van der Waals surface area contributed by atoms with Gasteiger partial charge in [-0.25, -0.2) is 0 Å². The lowest BCUT2D eigenvalue weighted by Crippen LogP contribution is -2.37. The maximum atomic E-state index is 12.8. The van der Waals surface area contributed by atoms with Gasteiger partial charge in [0, 0.05) is 12.5 Å². The van der Waals surface area contributed by atoms with Crippen LogP contribution in [0.4, 0.5) is 0 Å². The lowest BCUT2D eigenvalue weighted by molar-refractivity contribution is -0.121. The molecule has 0 saturated heterocycles. The third-order valence-electron chi connectivity index (χ3n) is 4.69. The lowest BCUT2D eigenvalue weighted by atomic mass is 9.66. The standard InChI is InChI=1S/C19H20O3/c1-13-9-10-19(18(21)11-13)15(12-20)5-8-17(19)14-3-6-16(22-2)7-4-14/h3-4,6-11,15,20H,5,12H2,1-2H3/t15-,19+/m1/s1. The van der Waals surface area contributed by atoms with Gasteiger partial charge in [-0.2, -0.15) is 0 Å². The van der Waals surface area contributed by atoms with Crippen molar-refractivity contribution < 1.29 is 14.6 Å². The Hall–Kier alpha value is -2.13. The molecular weight excluding hydrogens is 276 g/mol. The van der Waals surface area contributed by atoms with Crippen molar-refractivity contribution in [3.05, 3.63) is 59.7 Å². The van der Waals surface area contributed by atoms with Gasteiger partial charge in [-0.1, -0.05) is 30.4 Å². The highest BCUT2D eigenvalue weighted by Gasteiger charge is 2.49. The van der Waals surface area contributed by atoms with Crippen LogP contribution in [0.3, 0.4) is 0 Å². The molecule has 0 aromatic heterocycles. The summed E-state index contributed by atoms with van der Waals surface area (Å²) in [6, 6.07) is 7.74. The molecule has 3 heteroatoms. The molecule has 0 heterocycles. The van der Waals surface area contributed by atoms with Crippen LogP contribution in [0, 0.1) is 11.3 Å². The van der Waals surface area contributed by atoms with Crippen molar-refractivity contribution in [1.29, 1.82) is 0 Å². The molecule has 0 bridgehead atoms. The number of benzene rings is 1. The first kappa shape index (κ1) is 14.8. The van der Waals surface area contributed by atoms with Crippen molar-refractivity contribution in [2.24, 2.45) is 11.3 Å². The van der Waals surface area contributed by atoms with Crippen LogP contribution in [-0.4, -0.2) is 24.6 Å². The van der Waals surface area contributed by atoms with Crippen molar-refractivity contribution in [1.82, 2.24) is 0 Å². The van der Waals surface area contributed by atoms with Gasteiger partial charge in [-0.05, 0) is 48.3 Å². The predicted molar refractivity (Wildman–Crippen MR) is 86.5 cm³/mol. The zero-order valence-corrected chi connectivity index (χ0v) is 12.9. The van der Waals surface area contributed by atoms with Gasteiger partial charge in [-0.15, -0.1) is 0 Å². The summed E-state index contributed by atoms with van der Waals surface area (Å²) < 4.78 is 5.20. The molecule has 0 amide bonds.